The Bertz CT molecular complexity index is 1070. The summed E-state index contributed by atoms with van der Waals surface area (Å²) in [6.07, 6.45) is 6.95. The van der Waals surface area contributed by atoms with Gasteiger partial charge in [0, 0.05) is 51.5 Å². The lowest BCUT2D eigenvalue weighted by Crippen LogP contribution is -2.50. The first-order chi connectivity index (χ1) is 21.2. The van der Waals surface area contributed by atoms with Crippen molar-refractivity contribution in [2.75, 3.05) is 33.3 Å². The molecule has 0 spiro atoms. The molecule has 0 bridgehead atoms. The molecule has 1 unspecified atom stereocenters. The van der Waals surface area contributed by atoms with Crippen molar-refractivity contribution in [1.82, 2.24) is 10.2 Å². The summed E-state index contributed by atoms with van der Waals surface area (Å²) in [5.74, 6) is -0.833. The number of amides is 1. The molecule has 0 aromatic rings. The van der Waals surface area contributed by atoms with Crippen LogP contribution in [-0.2, 0) is 23.7 Å². The number of piperazine rings is 1. The fraction of sp³-hybridized carbons (Fsp3) is 0.765. The number of carbonyl (C=O) groups excluding carboxylic acids is 2. The molecule has 3 rings (SSSR count). The lowest BCUT2D eigenvalue weighted by molar-refractivity contribution is -0.151. The average molecular weight is 637 g/mol. The molecule has 0 saturated carbocycles. The number of aliphatic hydroxyl groups is 3. The molecule has 0 radical (unpaired) electrons. The van der Waals surface area contributed by atoms with Gasteiger partial charge in [-0.1, -0.05) is 45.1 Å². The van der Waals surface area contributed by atoms with Crippen LogP contribution in [-0.4, -0.2) is 113 Å². The van der Waals surface area contributed by atoms with Gasteiger partial charge in [0.05, 0.1) is 36.4 Å². The lowest BCUT2D eigenvalue weighted by atomic mass is 9.88. The Morgan fingerprint density at radius 2 is 2.00 bits per heavy atom. The summed E-state index contributed by atoms with van der Waals surface area (Å²) in [6.45, 7) is 13.7. The van der Waals surface area contributed by atoms with Crippen molar-refractivity contribution in [1.29, 1.82) is 0 Å². The van der Waals surface area contributed by atoms with Crippen LogP contribution < -0.4 is 5.32 Å². The van der Waals surface area contributed by atoms with Crippen molar-refractivity contribution >= 4 is 12.1 Å². The van der Waals surface area contributed by atoms with E-state index in [0.717, 1.165) is 5.57 Å². The van der Waals surface area contributed by atoms with Gasteiger partial charge in [0.1, 0.15) is 11.7 Å². The number of epoxide rings is 1. The van der Waals surface area contributed by atoms with Crippen LogP contribution in [0, 0.1) is 11.8 Å². The number of hydrogen-bond acceptors (Lipinski definition) is 10. The molecule has 1 amide bonds. The molecule has 11 nitrogen and oxygen atoms in total. The summed E-state index contributed by atoms with van der Waals surface area (Å²) in [5, 5.41) is 35.0. The third kappa shape index (κ3) is 10.9. The van der Waals surface area contributed by atoms with Gasteiger partial charge in [-0.05, 0) is 51.7 Å². The van der Waals surface area contributed by atoms with Gasteiger partial charge in [-0.2, -0.15) is 0 Å². The second-order valence-corrected chi connectivity index (χ2v) is 13.4. The third-order valence-corrected chi connectivity index (χ3v) is 9.42. The number of aliphatic hydroxyl groups excluding tert-OH is 2. The van der Waals surface area contributed by atoms with Crippen molar-refractivity contribution in [3.05, 3.63) is 36.0 Å². The summed E-state index contributed by atoms with van der Waals surface area (Å²) in [6, 6.07) is 0. The van der Waals surface area contributed by atoms with Gasteiger partial charge in [-0.3, -0.25) is 4.79 Å². The number of carbonyl (C=O) groups is 2. The predicted molar refractivity (Wildman–Crippen MR) is 170 cm³/mol. The Kier molecular flexibility index (Phi) is 13.6. The molecule has 256 valence electrons. The maximum Gasteiger partial charge on any atom is 0.410 e. The van der Waals surface area contributed by atoms with Gasteiger partial charge in [0.25, 0.3) is 0 Å². The minimum absolute atomic E-state index is 0.00213. The van der Waals surface area contributed by atoms with E-state index in [1.807, 2.05) is 40.7 Å². The number of allylic oxidation sites excluding steroid dienone is 2. The molecule has 10 atom stereocenters. The minimum Gasteiger partial charge on any atom is -0.457 e. The van der Waals surface area contributed by atoms with Crippen LogP contribution in [0.25, 0.3) is 0 Å². The molecule has 0 aromatic heterocycles. The van der Waals surface area contributed by atoms with Crippen LogP contribution in [0.5, 0.6) is 0 Å². The van der Waals surface area contributed by atoms with Gasteiger partial charge in [0.2, 0.25) is 0 Å². The second-order valence-electron chi connectivity index (χ2n) is 13.4. The zero-order valence-electron chi connectivity index (χ0n) is 28.1. The summed E-state index contributed by atoms with van der Waals surface area (Å²) < 4.78 is 23.5. The van der Waals surface area contributed by atoms with Gasteiger partial charge >= 0.3 is 12.1 Å². The van der Waals surface area contributed by atoms with Crippen molar-refractivity contribution in [2.24, 2.45) is 11.8 Å². The number of rotatable bonds is 10. The van der Waals surface area contributed by atoms with E-state index in [0.29, 0.717) is 45.4 Å². The molecule has 2 saturated heterocycles. The maximum atomic E-state index is 13.1. The molecule has 4 N–H and O–H groups in total. The number of esters is 1. The van der Waals surface area contributed by atoms with Crippen molar-refractivity contribution < 1.29 is 43.9 Å². The number of cyclic esters (lactones) is 1. The fourth-order valence-electron chi connectivity index (χ4n) is 6.04. The zero-order chi connectivity index (χ0) is 33.4. The molecule has 3 heterocycles. The van der Waals surface area contributed by atoms with E-state index in [-0.39, 0.29) is 36.9 Å². The van der Waals surface area contributed by atoms with E-state index in [4.69, 9.17) is 18.9 Å². The minimum atomic E-state index is -1.14. The topological polar surface area (TPSA) is 150 Å². The van der Waals surface area contributed by atoms with Crippen molar-refractivity contribution in [2.45, 2.75) is 121 Å². The SMILES string of the molecule is CC[C@H](O)[C@@H](C)[C@@H]1O[C@H]1C[C@@](C)(O)/C=C/C=C(\C)[C@H]1OC(=O)C[C@H](O)CC[C@@](C)(OC)C(OC(=O)N2CCNCC2)/C=C/[C@@H]1C. The highest BCUT2D eigenvalue weighted by atomic mass is 16.6. The van der Waals surface area contributed by atoms with Crippen LogP contribution in [0.15, 0.2) is 36.0 Å². The van der Waals surface area contributed by atoms with Gasteiger partial charge in [-0.15, -0.1) is 0 Å². The van der Waals surface area contributed by atoms with E-state index in [9.17, 15) is 24.9 Å². The Balaban J connectivity index is 1.77. The van der Waals surface area contributed by atoms with Gasteiger partial charge in [-0.25, -0.2) is 4.79 Å². The monoisotopic (exact) mass is 636 g/mol. The van der Waals surface area contributed by atoms with E-state index < -0.39 is 47.7 Å². The van der Waals surface area contributed by atoms with Crippen molar-refractivity contribution in [3.8, 4) is 0 Å². The highest BCUT2D eigenvalue weighted by Gasteiger charge is 2.47. The smallest absolute Gasteiger partial charge is 0.410 e. The quantitative estimate of drug-likeness (QED) is 0.122. The first-order valence-corrected chi connectivity index (χ1v) is 16.4. The zero-order valence-corrected chi connectivity index (χ0v) is 28.1. The molecular formula is C34H56N2O9. The first-order valence-electron chi connectivity index (χ1n) is 16.4. The van der Waals surface area contributed by atoms with E-state index in [1.165, 1.54) is 0 Å². The molecule has 0 aromatic carbocycles. The normalized spacial score (nSPS) is 35.4. The molecular weight excluding hydrogens is 580 g/mol. The predicted octanol–water partition coefficient (Wildman–Crippen LogP) is 3.27. The Morgan fingerprint density at radius 1 is 1.31 bits per heavy atom. The van der Waals surface area contributed by atoms with E-state index >= 15 is 0 Å². The summed E-state index contributed by atoms with van der Waals surface area (Å²) in [5.41, 5.74) is -1.34. The number of methoxy groups -OCH3 is 1. The highest BCUT2D eigenvalue weighted by Crippen LogP contribution is 2.37. The van der Waals surface area contributed by atoms with Crippen LogP contribution in [0.1, 0.15) is 73.6 Å². The fourth-order valence-corrected chi connectivity index (χ4v) is 6.04. The summed E-state index contributed by atoms with van der Waals surface area (Å²) in [4.78, 5) is 27.6. The third-order valence-electron chi connectivity index (χ3n) is 9.42. The standard InChI is InChI=1S/C34H56N2O9/c1-8-26(38)24(4)31-27(43-31)21-33(5,41)14-9-10-22(2)30-23(3)11-12-28(44-32(40)36-18-16-35-17-19-36)34(6,42-7)15-13-25(37)20-29(39)45-30/h9-12,14,23-28,30-31,35,37-38,41H,8,13,15-21H2,1-7H3/b12-11+,14-9+,22-10+/t23-,24+,25+,26-,27-,28?,30+,31-,33-,34+/m0/s1. The molecule has 0 aliphatic carbocycles. The Hall–Kier alpha value is -2.28. The number of nitrogens with one attached hydrogen (secondary N) is 1. The van der Waals surface area contributed by atoms with Crippen LogP contribution in [0.4, 0.5) is 4.79 Å². The molecule has 45 heavy (non-hydrogen) atoms. The van der Waals surface area contributed by atoms with Crippen LogP contribution in [0.2, 0.25) is 0 Å². The molecule has 2 fully saturated rings. The second kappa shape index (κ2) is 16.5. The van der Waals surface area contributed by atoms with Crippen LogP contribution in [0.3, 0.4) is 0 Å². The molecule has 3 aliphatic heterocycles. The van der Waals surface area contributed by atoms with E-state index in [1.54, 1.807) is 43.2 Å². The average Bonchev–Trinajstić information content (AvgIpc) is 3.77. The Morgan fingerprint density at radius 3 is 2.64 bits per heavy atom. The number of ether oxygens (including phenoxy) is 4. The number of hydrogen-bond donors (Lipinski definition) is 4. The summed E-state index contributed by atoms with van der Waals surface area (Å²) in [7, 11) is 1.55. The van der Waals surface area contributed by atoms with Gasteiger partial charge < -0.3 is 44.5 Å². The highest BCUT2D eigenvalue weighted by molar-refractivity contribution is 5.70. The largest absolute Gasteiger partial charge is 0.457 e. The Labute approximate surface area is 268 Å². The van der Waals surface area contributed by atoms with E-state index in [2.05, 4.69) is 5.32 Å². The van der Waals surface area contributed by atoms with Crippen molar-refractivity contribution in [3.63, 3.8) is 0 Å². The lowest BCUT2D eigenvalue weighted by Gasteiger charge is -2.37. The first kappa shape index (κ1) is 37.2. The summed E-state index contributed by atoms with van der Waals surface area (Å²) >= 11 is 0. The number of nitrogens with zero attached hydrogens (tertiary/aromatic N) is 1. The van der Waals surface area contributed by atoms with Crippen LogP contribution >= 0.6 is 0 Å². The molecule has 11 heteroatoms. The molecule has 3 aliphatic rings. The van der Waals surface area contributed by atoms with Gasteiger partial charge in [0.15, 0.2) is 6.10 Å². The maximum absolute atomic E-state index is 13.1.